The standard InChI is InChI=1S/C22H26N6OS/c1-15-16(2)30-21-18(15)20(24-19(25-21)17-6-5-7-23-14-17)26-10-12-28(13-11-26)22(29)27-8-3-4-9-27/h5-7,14H,3-4,8-13H2,1-2H3. The maximum Gasteiger partial charge on any atom is 0.320 e. The van der Waals surface area contributed by atoms with Crippen LogP contribution in [0.1, 0.15) is 23.3 Å². The minimum atomic E-state index is 0.193. The minimum Gasteiger partial charge on any atom is -0.352 e. The lowest BCUT2D eigenvalue weighted by Crippen LogP contribution is -2.52. The van der Waals surface area contributed by atoms with E-state index in [-0.39, 0.29) is 6.03 Å². The molecule has 30 heavy (non-hydrogen) atoms. The van der Waals surface area contributed by atoms with E-state index < -0.39 is 0 Å². The van der Waals surface area contributed by atoms with E-state index in [1.807, 2.05) is 28.1 Å². The number of likely N-dealkylation sites (tertiary alicyclic amines) is 1. The highest BCUT2D eigenvalue weighted by atomic mass is 32.1. The summed E-state index contributed by atoms with van der Waals surface area (Å²) in [6.07, 6.45) is 5.82. The first-order valence-corrected chi connectivity index (χ1v) is 11.4. The lowest BCUT2D eigenvalue weighted by atomic mass is 10.1. The summed E-state index contributed by atoms with van der Waals surface area (Å²) in [4.78, 5) is 35.4. The Kier molecular flexibility index (Phi) is 5.02. The predicted octanol–water partition coefficient (Wildman–Crippen LogP) is 3.71. The third kappa shape index (κ3) is 3.39. The Balaban J connectivity index is 1.45. The van der Waals surface area contributed by atoms with Crippen LogP contribution in [-0.4, -0.2) is 70.1 Å². The van der Waals surface area contributed by atoms with Gasteiger partial charge in [-0.25, -0.2) is 14.8 Å². The largest absolute Gasteiger partial charge is 0.352 e. The lowest BCUT2D eigenvalue weighted by Gasteiger charge is -2.37. The fourth-order valence-corrected chi connectivity index (χ4v) is 5.32. The quantitative estimate of drug-likeness (QED) is 0.630. The van der Waals surface area contributed by atoms with E-state index in [2.05, 4.69) is 23.7 Å². The summed E-state index contributed by atoms with van der Waals surface area (Å²) in [7, 11) is 0. The van der Waals surface area contributed by atoms with Crippen LogP contribution in [0.3, 0.4) is 0 Å². The minimum absolute atomic E-state index is 0.193. The van der Waals surface area contributed by atoms with Gasteiger partial charge in [-0.2, -0.15) is 0 Å². The zero-order valence-electron chi connectivity index (χ0n) is 17.5. The number of aryl methyl sites for hydroxylation is 2. The molecule has 0 atom stereocenters. The number of hydrogen-bond acceptors (Lipinski definition) is 6. The first kappa shape index (κ1) is 19.2. The maximum atomic E-state index is 12.8. The molecule has 2 aliphatic heterocycles. The first-order valence-electron chi connectivity index (χ1n) is 10.6. The molecule has 0 N–H and O–H groups in total. The maximum absolute atomic E-state index is 12.8. The molecule has 0 spiro atoms. The van der Waals surface area contributed by atoms with Crippen molar-refractivity contribution in [1.82, 2.24) is 24.8 Å². The number of nitrogens with zero attached hydrogens (tertiary/aromatic N) is 6. The van der Waals surface area contributed by atoms with E-state index >= 15 is 0 Å². The molecule has 0 saturated carbocycles. The number of hydrogen-bond donors (Lipinski definition) is 0. The topological polar surface area (TPSA) is 65.5 Å². The number of rotatable bonds is 2. The van der Waals surface area contributed by atoms with Crippen molar-refractivity contribution in [2.75, 3.05) is 44.2 Å². The van der Waals surface area contributed by atoms with Crippen molar-refractivity contribution < 1.29 is 4.79 Å². The average molecular weight is 423 g/mol. The van der Waals surface area contributed by atoms with Gasteiger partial charge in [-0.1, -0.05) is 0 Å². The van der Waals surface area contributed by atoms with Crippen LogP contribution in [0.5, 0.6) is 0 Å². The van der Waals surface area contributed by atoms with Gasteiger partial charge in [0.1, 0.15) is 10.6 Å². The van der Waals surface area contributed by atoms with E-state index in [4.69, 9.17) is 9.97 Å². The molecule has 0 radical (unpaired) electrons. The Morgan fingerprint density at radius 2 is 1.73 bits per heavy atom. The van der Waals surface area contributed by atoms with E-state index in [9.17, 15) is 4.79 Å². The zero-order chi connectivity index (χ0) is 20.7. The molecule has 7 nitrogen and oxygen atoms in total. The van der Waals surface area contributed by atoms with E-state index in [0.29, 0.717) is 5.82 Å². The van der Waals surface area contributed by atoms with Crippen molar-refractivity contribution >= 4 is 33.4 Å². The molecule has 2 amide bonds. The molecule has 0 bridgehead atoms. The van der Waals surface area contributed by atoms with Gasteiger partial charge in [0.15, 0.2) is 5.82 Å². The van der Waals surface area contributed by atoms with Gasteiger partial charge >= 0.3 is 6.03 Å². The van der Waals surface area contributed by atoms with Gasteiger partial charge in [0.2, 0.25) is 0 Å². The fourth-order valence-electron chi connectivity index (χ4n) is 4.30. The molecule has 5 rings (SSSR count). The number of thiophene rings is 1. The monoisotopic (exact) mass is 422 g/mol. The van der Waals surface area contributed by atoms with Gasteiger partial charge in [0.05, 0.1) is 5.39 Å². The van der Waals surface area contributed by atoms with Crippen molar-refractivity contribution in [3.05, 3.63) is 35.0 Å². The predicted molar refractivity (Wildman–Crippen MR) is 120 cm³/mol. The van der Waals surface area contributed by atoms with Crippen LogP contribution in [0.15, 0.2) is 24.5 Å². The van der Waals surface area contributed by atoms with Gasteiger partial charge in [0, 0.05) is 62.1 Å². The summed E-state index contributed by atoms with van der Waals surface area (Å²) in [6.45, 7) is 9.11. The summed E-state index contributed by atoms with van der Waals surface area (Å²) >= 11 is 1.72. The Bertz CT molecular complexity index is 1070. The van der Waals surface area contributed by atoms with Gasteiger partial charge in [-0.05, 0) is 44.4 Å². The Morgan fingerprint density at radius 3 is 2.43 bits per heavy atom. The molecular formula is C22H26N6OS. The number of fused-ring (bicyclic) bond motifs is 1. The molecule has 0 unspecified atom stereocenters. The van der Waals surface area contributed by atoms with Crippen molar-refractivity contribution in [2.45, 2.75) is 26.7 Å². The number of carbonyl (C=O) groups is 1. The smallest absolute Gasteiger partial charge is 0.320 e. The summed E-state index contributed by atoms with van der Waals surface area (Å²) < 4.78 is 0. The summed E-state index contributed by atoms with van der Waals surface area (Å²) in [5.74, 6) is 1.69. The summed E-state index contributed by atoms with van der Waals surface area (Å²) in [5, 5.41) is 1.14. The van der Waals surface area contributed by atoms with Crippen molar-refractivity contribution in [2.24, 2.45) is 0 Å². The molecule has 0 aliphatic carbocycles. The highest BCUT2D eigenvalue weighted by Crippen LogP contribution is 2.36. The molecular weight excluding hydrogens is 396 g/mol. The Hall–Kier alpha value is -2.74. The van der Waals surface area contributed by atoms with Crippen LogP contribution >= 0.6 is 11.3 Å². The number of urea groups is 1. The van der Waals surface area contributed by atoms with Gasteiger partial charge in [0.25, 0.3) is 0 Å². The number of anilines is 1. The molecule has 5 heterocycles. The number of carbonyl (C=O) groups excluding carboxylic acids is 1. The first-order chi connectivity index (χ1) is 14.6. The fraction of sp³-hybridized carbons (Fsp3) is 0.455. The van der Waals surface area contributed by atoms with Crippen LogP contribution in [0.4, 0.5) is 10.6 Å². The highest BCUT2D eigenvalue weighted by Gasteiger charge is 2.29. The normalized spacial score (nSPS) is 17.2. The molecule has 156 valence electrons. The molecule has 8 heteroatoms. The molecule has 2 fully saturated rings. The lowest BCUT2D eigenvalue weighted by molar-refractivity contribution is 0.159. The van der Waals surface area contributed by atoms with E-state index in [1.54, 1.807) is 17.5 Å². The Morgan fingerprint density at radius 1 is 1.00 bits per heavy atom. The van der Waals surface area contributed by atoms with Gasteiger partial charge in [-0.3, -0.25) is 4.98 Å². The van der Waals surface area contributed by atoms with Crippen molar-refractivity contribution in [1.29, 1.82) is 0 Å². The van der Waals surface area contributed by atoms with Crippen LogP contribution in [0.2, 0.25) is 0 Å². The third-order valence-corrected chi connectivity index (χ3v) is 7.26. The second kappa shape index (κ2) is 7.83. The summed E-state index contributed by atoms with van der Waals surface area (Å²) in [6, 6.07) is 4.10. The van der Waals surface area contributed by atoms with E-state index in [0.717, 1.165) is 73.7 Å². The number of piperazine rings is 1. The van der Waals surface area contributed by atoms with Crippen LogP contribution in [0, 0.1) is 13.8 Å². The summed E-state index contributed by atoms with van der Waals surface area (Å²) in [5.41, 5.74) is 2.17. The van der Waals surface area contributed by atoms with Crippen LogP contribution in [0.25, 0.3) is 21.6 Å². The molecule has 2 aliphatic rings. The van der Waals surface area contributed by atoms with Gasteiger partial charge in [-0.15, -0.1) is 11.3 Å². The number of amides is 2. The van der Waals surface area contributed by atoms with Crippen LogP contribution in [-0.2, 0) is 0 Å². The molecule has 2 saturated heterocycles. The SMILES string of the molecule is Cc1sc2nc(-c3cccnc3)nc(N3CCN(C(=O)N4CCCC4)CC3)c2c1C. The van der Waals surface area contributed by atoms with Crippen molar-refractivity contribution in [3.8, 4) is 11.4 Å². The van der Waals surface area contributed by atoms with Crippen molar-refractivity contribution in [3.63, 3.8) is 0 Å². The zero-order valence-corrected chi connectivity index (χ0v) is 18.3. The number of aromatic nitrogens is 3. The number of pyridine rings is 1. The Labute approximate surface area is 180 Å². The second-order valence-corrected chi connectivity index (χ2v) is 9.23. The average Bonchev–Trinajstić information content (AvgIpc) is 3.42. The molecule has 3 aromatic heterocycles. The molecule has 3 aromatic rings. The second-order valence-electron chi connectivity index (χ2n) is 8.03. The molecule has 0 aromatic carbocycles. The van der Waals surface area contributed by atoms with Gasteiger partial charge < -0.3 is 14.7 Å². The van der Waals surface area contributed by atoms with Crippen LogP contribution < -0.4 is 4.90 Å². The third-order valence-electron chi connectivity index (χ3n) is 6.16. The highest BCUT2D eigenvalue weighted by molar-refractivity contribution is 7.18. The van der Waals surface area contributed by atoms with E-state index in [1.165, 1.54) is 10.4 Å².